The average molecular weight is 364 g/mol. The van der Waals surface area contributed by atoms with E-state index in [0.29, 0.717) is 0 Å². The molecule has 1 unspecified atom stereocenters. The Morgan fingerprint density at radius 2 is 1.78 bits per heavy atom. The van der Waals surface area contributed by atoms with E-state index in [-0.39, 0.29) is 12.1 Å². The third-order valence-corrected chi connectivity index (χ3v) is 3.88. The maximum absolute atomic E-state index is 10.7. The summed E-state index contributed by atoms with van der Waals surface area (Å²) in [6.07, 6.45) is 8.72. The summed E-state index contributed by atoms with van der Waals surface area (Å²) < 4.78 is 6.19. The van der Waals surface area contributed by atoms with Gasteiger partial charge in [0.25, 0.3) is 0 Å². The van der Waals surface area contributed by atoms with E-state index in [4.69, 9.17) is 4.74 Å². The second-order valence-corrected chi connectivity index (χ2v) is 5.53. The molecule has 0 rings (SSSR count). The number of allylic oxidation sites excluding steroid dienone is 4. The molecule has 0 aromatic heterocycles. The molecule has 3 heteroatoms. The molecule has 0 aromatic carbocycles. The zero-order valence-corrected chi connectivity index (χ0v) is 14.1. The van der Waals surface area contributed by atoms with E-state index >= 15 is 0 Å². The molecule has 0 heterocycles. The highest BCUT2D eigenvalue weighted by Gasteiger charge is 2.03. The maximum atomic E-state index is 10.7. The van der Waals surface area contributed by atoms with Crippen molar-refractivity contribution < 1.29 is 9.53 Å². The molecule has 2 nitrogen and oxygen atoms in total. The van der Waals surface area contributed by atoms with Gasteiger partial charge in [0.05, 0.1) is 6.10 Å². The second-order valence-electron chi connectivity index (χ2n) is 4.77. The largest absolute Gasteiger partial charge is 0.463 e. The van der Waals surface area contributed by atoms with Crippen LogP contribution in [0.2, 0.25) is 0 Å². The van der Waals surface area contributed by atoms with Crippen molar-refractivity contribution in [3.63, 3.8) is 0 Å². The van der Waals surface area contributed by atoms with Crippen LogP contribution in [0.15, 0.2) is 23.3 Å². The van der Waals surface area contributed by atoms with Crippen molar-refractivity contribution in [2.45, 2.75) is 59.5 Å². The van der Waals surface area contributed by atoms with Crippen LogP contribution in [-0.2, 0) is 9.53 Å². The van der Waals surface area contributed by atoms with Gasteiger partial charge in [-0.05, 0) is 46.5 Å². The van der Waals surface area contributed by atoms with Crippen LogP contribution in [-0.4, -0.2) is 16.5 Å². The zero-order valence-electron chi connectivity index (χ0n) is 12.0. The van der Waals surface area contributed by atoms with Gasteiger partial charge in [0.2, 0.25) is 0 Å². The van der Waals surface area contributed by atoms with Crippen LogP contribution < -0.4 is 0 Å². The third kappa shape index (κ3) is 10.8. The van der Waals surface area contributed by atoms with Crippen LogP contribution in [0.5, 0.6) is 0 Å². The van der Waals surface area contributed by atoms with Crippen LogP contribution >= 0.6 is 22.6 Å². The normalized spacial score (nSPS) is 14.5. The van der Waals surface area contributed by atoms with Crippen LogP contribution in [0.25, 0.3) is 0 Å². The average Bonchev–Trinajstić information content (AvgIpc) is 2.27. The van der Waals surface area contributed by atoms with E-state index in [0.717, 1.165) is 30.1 Å². The van der Waals surface area contributed by atoms with Crippen LogP contribution in [0.1, 0.15) is 53.4 Å². The van der Waals surface area contributed by atoms with Gasteiger partial charge in [-0.3, -0.25) is 4.79 Å². The van der Waals surface area contributed by atoms with Crippen molar-refractivity contribution in [3.05, 3.63) is 23.3 Å². The lowest BCUT2D eigenvalue weighted by Crippen LogP contribution is -2.11. The fourth-order valence-corrected chi connectivity index (χ4v) is 1.92. The highest BCUT2D eigenvalue weighted by Crippen LogP contribution is 2.11. The van der Waals surface area contributed by atoms with Crippen molar-refractivity contribution in [3.8, 4) is 0 Å². The van der Waals surface area contributed by atoms with Gasteiger partial charge in [0.1, 0.15) is 0 Å². The summed E-state index contributed by atoms with van der Waals surface area (Å²) in [5.41, 5.74) is 2.87. The van der Waals surface area contributed by atoms with Crippen LogP contribution in [0.3, 0.4) is 0 Å². The minimum atomic E-state index is -0.192. The number of ether oxygens (including phenoxy) is 1. The third-order valence-electron chi connectivity index (χ3n) is 2.68. The second kappa shape index (κ2) is 10.6. The first-order valence-corrected chi connectivity index (χ1v) is 8.02. The minimum absolute atomic E-state index is 0.0210. The molecule has 0 fully saturated rings. The molecule has 0 aromatic rings. The first-order valence-electron chi connectivity index (χ1n) is 6.50. The number of alkyl halides is 1. The Morgan fingerprint density at radius 1 is 1.17 bits per heavy atom. The Hall–Kier alpha value is -0.320. The van der Waals surface area contributed by atoms with Crippen molar-refractivity contribution in [1.29, 1.82) is 0 Å². The summed E-state index contributed by atoms with van der Waals surface area (Å²) in [6.45, 7) is 7.74. The van der Waals surface area contributed by atoms with E-state index < -0.39 is 0 Å². The van der Waals surface area contributed by atoms with Gasteiger partial charge in [0.15, 0.2) is 0 Å². The van der Waals surface area contributed by atoms with E-state index in [9.17, 15) is 4.79 Å². The lowest BCUT2D eigenvalue weighted by molar-refractivity contribution is -0.145. The Labute approximate surface area is 125 Å². The summed E-state index contributed by atoms with van der Waals surface area (Å²) in [5, 5.41) is 0. The molecule has 0 saturated heterocycles. The lowest BCUT2D eigenvalue weighted by atomic mass is 10.1. The van der Waals surface area contributed by atoms with Crippen molar-refractivity contribution >= 4 is 28.6 Å². The minimum Gasteiger partial charge on any atom is -0.463 e. The number of hydrogen-bond acceptors (Lipinski definition) is 2. The topological polar surface area (TPSA) is 26.3 Å². The van der Waals surface area contributed by atoms with Gasteiger partial charge >= 0.3 is 5.97 Å². The van der Waals surface area contributed by atoms with Crippen LogP contribution in [0.4, 0.5) is 0 Å². The van der Waals surface area contributed by atoms with Crippen LogP contribution in [0, 0.1) is 0 Å². The highest BCUT2D eigenvalue weighted by molar-refractivity contribution is 14.1. The number of halogens is 1. The Morgan fingerprint density at radius 3 is 2.33 bits per heavy atom. The summed E-state index contributed by atoms with van der Waals surface area (Å²) in [4.78, 5) is 10.7. The molecule has 0 saturated carbocycles. The molecule has 0 spiro atoms. The zero-order chi connectivity index (χ0) is 14.0. The Balaban J connectivity index is 3.80. The number of hydrogen-bond donors (Lipinski definition) is 0. The fraction of sp³-hybridized carbons (Fsp3) is 0.667. The maximum Gasteiger partial charge on any atom is 0.302 e. The standard InChI is InChI=1S/C15H25IO2/c1-12(7-5-9-13(2)11-16)8-6-10-14(3)18-15(4)17/h8-9,14H,5-7,10-11H2,1-4H3/b12-8+,13-9+. The van der Waals surface area contributed by atoms with Gasteiger partial charge in [-0.25, -0.2) is 0 Å². The number of rotatable bonds is 8. The van der Waals surface area contributed by atoms with Gasteiger partial charge in [-0.15, -0.1) is 0 Å². The van der Waals surface area contributed by atoms with Crippen molar-refractivity contribution in [1.82, 2.24) is 0 Å². The molecule has 0 aliphatic heterocycles. The monoisotopic (exact) mass is 364 g/mol. The molecule has 0 aliphatic carbocycles. The fourth-order valence-electron chi connectivity index (χ4n) is 1.61. The first-order chi connectivity index (χ1) is 8.45. The molecule has 18 heavy (non-hydrogen) atoms. The molecule has 0 aliphatic rings. The number of esters is 1. The molecule has 0 bridgehead atoms. The Bertz CT molecular complexity index is 306. The summed E-state index contributed by atoms with van der Waals surface area (Å²) in [7, 11) is 0. The predicted molar refractivity (Wildman–Crippen MR) is 86.1 cm³/mol. The summed E-state index contributed by atoms with van der Waals surface area (Å²) in [5.74, 6) is -0.192. The summed E-state index contributed by atoms with van der Waals surface area (Å²) in [6, 6.07) is 0. The van der Waals surface area contributed by atoms with Crippen molar-refractivity contribution in [2.75, 3.05) is 4.43 Å². The summed E-state index contributed by atoms with van der Waals surface area (Å²) >= 11 is 2.39. The van der Waals surface area contributed by atoms with Gasteiger partial charge in [-0.1, -0.05) is 45.9 Å². The predicted octanol–water partition coefficient (Wildman–Crippen LogP) is 4.83. The number of carbonyl (C=O) groups excluding carboxylic acids is 1. The molecule has 0 radical (unpaired) electrons. The highest BCUT2D eigenvalue weighted by atomic mass is 127. The van der Waals surface area contributed by atoms with Gasteiger partial charge in [0, 0.05) is 11.4 Å². The van der Waals surface area contributed by atoms with E-state index in [1.54, 1.807) is 0 Å². The molecular formula is C15H25IO2. The van der Waals surface area contributed by atoms with E-state index in [1.165, 1.54) is 18.1 Å². The molecular weight excluding hydrogens is 339 g/mol. The molecule has 0 amide bonds. The SMILES string of the molecule is CC(=O)OC(C)CC/C=C(\C)CC/C=C(\C)CI. The Kier molecular flexibility index (Phi) is 10.4. The van der Waals surface area contributed by atoms with Gasteiger partial charge in [-0.2, -0.15) is 0 Å². The van der Waals surface area contributed by atoms with Crippen molar-refractivity contribution in [2.24, 2.45) is 0 Å². The molecule has 0 N–H and O–H groups in total. The first kappa shape index (κ1) is 17.7. The van der Waals surface area contributed by atoms with Gasteiger partial charge < -0.3 is 4.74 Å². The lowest BCUT2D eigenvalue weighted by Gasteiger charge is -2.10. The quantitative estimate of drug-likeness (QED) is 0.267. The molecule has 104 valence electrons. The smallest absolute Gasteiger partial charge is 0.302 e. The number of carbonyl (C=O) groups is 1. The van der Waals surface area contributed by atoms with E-state index in [2.05, 4.69) is 48.6 Å². The van der Waals surface area contributed by atoms with E-state index in [1.807, 2.05) is 6.92 Å². The molecule has 1 atom stereocenters.